The van der Waals surface area contributed by atoms with E-state index >= 15 is 0 Å². The number of carboxylic acids is 1. The van der Waals surface area contributed by atoms with Crippen LogP contribution in [-0.4, -0.2) is 43.6 Å². The smallest absolute Gasteiger partial charge is 0.323 e. The molecule has 1 N–H and O–H groups in total. The van der Waals surface area contributed by atoms with E-state index in [9.17, 15) is 23.5 Å². The summed E-state index contributed by atoms with van der Waals surface area (Å²) in [4.78, 5) is 33.5. The molecule has 3 heterocycles. The Labute approximate surface area is 217 Å². The van der Waals surface area contributed by atoms with E-state index in [1.165, 1.54) is 29.0 Å². The number of fused-ring (bicyclic) bond motifs is 1. The standard InChI is InChI=1S/C25H18F2N4O6S/c1-13-28-20(30-37-13)9-31(10-22(32)33)25(34)19-12-38-21(29-19)11-36-15-4-2-14(3-5-15)17-8-18(26)23(27)16-6-7-35-24(16)17/h2-8,12H,9-11H2,1H3,(H,32,33). The van der Waals surface area contributed by atoms with E-state index in [4.69, 9.17) is 13.7 Å². The van der Waals surface area contributed by atoms with Gasteiger partial charge in [-0.25, -0.2) is 13.8 Å². The first-order chi connectivity index (χ1) is 18.3. The van der Waals surface area contributed by atoms with Crippen LogP contribution in [0.1, 0.15) is 27.2 Å². The normalized spacial score (nSPS) is 11.1. The molecule has 0 aliphatic rings. The minimum Gasteiger partial charge on any atom is -0.486 e. The maximum atomic E-state index is 14.0. The van der Waals surface area contributed by atoms with Crippen LogP contribution < -0.4 is 4.74 Å². The van der Waals surface area contributed by atoms with Gasteiger partial charge in [-0.3, -0.25) is 9.59 Å². The number of aryl methyl sites for hydroxylation is 1. The molecule has 0 aliphatic heterocycles. The van der Waals surface area contributed by atoms with Crippen molar-refractivity contribution in [3.63, 3.8) is 0 Å². The van der Waals surface area contributed by atoms with E-state index in [1.54, 1.807) is 31.2 Å². The van der Waals surface area contributed by atoms with Crippen LogP contribution in [-0.2, 0) is 17.9 Å². The minimum atomic E-state index is -1.20. The Bertz CT molecular complexity index is 1630. The highest BCUT2D eigenvalue weighted by Gasteiger charge is 2.23. The average molecular weight is 541 g/mol. The van der Waals surface area contributed by atoms with Gasteiger partial charge < -0.3 is 23.7 Å². The number of rotatable bonds is 9. The lowest BCUT2D eigenvalue weighted by Crippen LogP contribution is -2.35. The molecule has 0 bridgehead atoms. The quantitative estimate of drug-likeness (QED) is 0.279. The molecule has 0 aliphatic carbocycles. The number of carboxylic acid groups (broad SMARTS) is 1. The maximum absolute atomic E-state index is 14.0. The number of halogens is 2. The van der Waals surface area contributed by atoms with Crippen molar-refractivity contribution >= 4 is 34.2 Å². The number of hydrogen-bond donors (Lipinski definition) is 1. The Kier molecular flexibility index (Phi) is 6.83. The van der Waals surface area contributed by atoms with Gasteiger partial charge in [0.05, 0.1) is 18.2 Å². The number of thiazole rings is 1. The molecule has 0 atom stereocenters. The van der Waals surface area contributed by atoms with Crippen molar-refractivity contribution in [1.82, 2.24) is 20.0 Å². The number of carbonyl (C=O) groups is 2. The molecule has 0 fully saturated rings. The lowest BCUT2D eigenvalue weighted by atomic mass is 10.0. The van der Waals surface area contributed by atoms with Crippen molar-refractivity contribution in [1.29, 1.82) is 0 Å². The molecular weight excluding hydrogens is 522 g/mol. The topological polar surface area (TPSA) is 132 Å². The Balaban J connectivity index is 1.25. The van der Waals surface area contributed by atoms with Gasteiger partial charge in [-0.1, -0.05) is 17.3 Å². The van der Waals surface area contributed by atoms with Crippen LogP contribution in [0, 0.1) is 18.6 Å². The number of amides is 1. The van der Waals surface area contributed by atoms with Crippen molar-refractivity contribution in [3.8, 4) is 16.9 Å². The number of nitrogens with zero attached hydrogens (tertiary/aromatic N) is 4. The van der Waals surface area contributed by atoms with Crippen LogP contribution in [0.3, 0.4) is 0 Å². The minimum absolute atomic E-state index is 0.0495. The molecule has 13 heteroatoms. The van der Waals surface area contributed by atoms with Crippen LogP contribution in [0.2, 0.25) is 0 Å². The summed E-state index contributed by atoms with van der Waals surface area (Å²) in [7, 11) is 0. The van der Waals surface area contributed by atoms with Gasteiger partial charge >= 0.3 is 5.97 Å². The molecule has 3 aromatic heterocycles. The summed E-state index contributed by atoms with van der Waals surface area (Å²) in [6.45, 7) is 0.916. The lowest BCUT2D eigenvalue weighted by Gasteiger charge is -2.17. The van der Waals surface area contributed by atoms with E-state index in [-0.39, 0.29) is 35.6 Å². The Hall–Kier alpha value is -4.65. The molecule has 0 saturated carbocycles. The van der Waals surface area contributed by atoms with Gasteiger partial charge in [-0.15, -0.1) is 11.3 Å². The zero-order chi connectivity index (χ0) is 26.8. The first kappa shape index (κ1) is 25.0. The summed E-state index contributed by atoms with van der Waals surface area (Å²) in [5.41, 5.74) is 1.31. The molecular formula is C25H18F2N4O6S. The molecule has 1 amide bonds. The van der Waals surface area contributed by atoms with Crippen LogP contribution >= 0.6 is 11.3 Å². The maximum Gasteiger partial charge on any atom is 0.323 e. The molecule has 0 spiro atoms. The highest BCUT2D eigenvalue weighted by molar-refractivity contribution is 7.09. The molecule has 5 rings (SSSR count). The number of furan rings is 1. The number of ether oxygens (including phenoxy) is 1. The fourth-order valence-corrected chi connectivity index (χ4v) is 4.42. The summed E-state index contributed by atoms with van der Waals surface area (Å²) in [5, 5.41) is 15.0. The molecule has 2 aromatic carbocycles. The molecule has 38 heavy (non-hydrogen) atoms. The number of aliphatic carboxylic acids is 1. The highest BCUT2D eigenvalue weighted by atomic mass is 32.1. The van der Waals surface area contributed by atoms with Crippen molar-refractivity contribution in [2.24, 2.45) is 0 Å². The Morgan fingerprint density at radius 1 is 1.16 bits per heavy atom. The van der Waals surface area contributed by atoms with E-state index < -0.39 is 30.1 Å². The number of hydrogen-bond acceptors (Lipinski definition) is 9. The predicted octanol–water partition coefficient (Wildman–Crippen LogP) is 4.83. The largest absolute Gasteiger partial charge is 0.486 e. The van der Waals surface area contributed by atoms with Gasteiger partial charge in [-0.2, -0.15) is 4.98 Å². The second kappa shape index (κ2) is 10.4. The Morgan fingerprint density at radius 3 is 2.66 bits per heavy atom. The molecule has 5 aromatic rings. The molecule has 0 saturated heterocycles. The van der Waals surface area contributed by atoms with Crippen LogP contribution in [0.4, 0.5) is 8.78 Å². The summed E-state index contributed by atoms with van der Waals surface area (Å²) >= 11 is 1.18. The van der Waals surface area contributed by atoms with Gasteiger partial charge in [0.15, 0.2) is 17.5 Å². The molecule has 194 valence electrons. The average Bonchev–Trinajstić information content (AvgIpc) is 3.66. The summed E-state index contributed by atoms with van der Waals surface area (Å²) in [5.74, 6) is -2.78. The molecule has 10 nitrogen and oxygen atoms in total. The zero-order valence-electron chi connectivity index (χ0n) is 19.7. The van der Waals surface area contributed by atoms with E-state index in [1.807, 2.05) is 0 Å². The van der Waals surface area contributed by atoms with Gasteiger partial charge in [0.2, 0.25) is 5.89 Å². The molecule has 0 radical (unpaired) electrons. The van der Waals surface area contributed by atoms with E-state index in [0.717, 1.165) is 11.0 Å². The number of benzene rings is 2. The van der Waals surface area contributed by atoms with Gasteiger partial charge in [0.25, 0.3) is 5.91 Å². The number of carbonyl (C=O) groups excluding carboxylic acids is 1. The first-order valence-corrected chi connectivity index (χ1v) is 12.0. The third-order valence-electron chi connectivity index (χ3n) is 5.44. The molecule has 0 unspecified atom stereocenters. The predicted molar refractivity (Wildman–Crippen MR) is 129 cm³/mol. The van der Waals surface area contributed by atoms with Crippen molar-refractivity contribution in [3.05, 3.63) is 82.1 Å². The van der Waals surface area contributed by atoms with Crippen molar-refractivity contribution in [2.45, 2.75) is 20.1 Å². The van der Waals surface area contributed by atoms with Crippen LogP contribution in [0.5, 0.6) is 5.75 Å². The number of aromatic nitrogens is 3. The Morgan fingerprint density at radius 2 is 1.95 bits per heavy atom. The van der Waals surface area contributed by atoms with Crippen LogP contribution in [0.25, 0.3) is 22.1 Å². The monoisotopic (exact) mass is 540 g/mol. The highest BCUT2D eigenvalue weighted by Crippen LogP contribution is 2.33. The SMILES string of the molecule is Cc1nc(CN(CC(=O)O)C(=O)c2csc(COc3ccc(-c4cc(F)c(F)c5ccoc45)cc3)n2)no1. The third kappa shape index (κ3) is 5.22. The second-order valence-electron chi connectivity index (χ2n) is 8.11. The fraction of sp³-hybridized carbons (Fsp3) is 0.160. The zero-order valence-corrected chi connectivity index (χ0v) is 20.5. The third-order valence-corrected chi connectivity index (χ3v) is 6.26. The van der Waals surface area contributed by atoms with Crippen molar-refractivity contribution in [2.75, 3.05) is 6.54 Å². The van der Waals surface area contributed by atoms with Crippen LogP contribution in [0.15, 0.2) is 57.0 Å². The van der Waals surface area contributed by atoms with Crippen molar-refractivity contribution < 1.29 is 37.2 Å². The van der Waals surface area contributed by atoms with E-state index in [0.29, 0.717) is 27.8 Å². The summed E-state index contributed by atoms with van der Waals surface area (Å²) in [6.07, 6.45) is 1.30. The van der Waals surface area contributed by atoms with Gasteiger partial charge in [0, 0.05) is 17.9 Å². The second-order valence-corrected chi connectivity index (χ2v) is 9.05. The fourth-order valence-electron chi connectivity index (χ4n) is 3.74. The lowest BCUT2D eigenvalue weighted by molar-refractivity contribution is -0.137. The van der Waals surface area contributed by atoms with E-state index in [2.05, 4.69) is 15.1 Å². The summed E-state index contributed by atoms with van der Waals surface area (Å²) in [6, 6.07) is 9.14. The first-order valence-electron chi connectivity index (χ1n) is 11.1. The van der Waals surface area contributed by atoms with Gasteiger partial charge in [0.1, 0.15) is 35.2 Å². The summed E-state index contributed by atoms with van der Waals surface area (Å²) < 4.78 is 44.0. The van der Waals surface area contributed by atoms with Gasteiger partial charge in [-0.05, 0) is 29.8 Å².